The van der Waals surface area contributed by atoms with Crippen LogP contribution in [0.1, 0.15) is 12.5 Å². The smallest absolute Gasteiger partial charge is 0.252 e. The fraction of sp³-hybridized carbons (Fsp3) is 0.296. The molecule has 0 saturated carbocycles. The molecule has 0 atom stereocenters. The normalized spacial score (nSPS) is 14.7. The number of rotatable bonds is 7. The van der Waals surface area contributed by atoms with Gasteiger partial charge < -0.3 is 15.1 Å². The number of hydrogen-bond donors (Lipinski definition) is 1. The quantitative estimate of drug-likeness (QED) is 0.384. The molecule has 5 rings (SSSR count). The van der Waals surface area contributed by atoms with Gasteiger partial charge >= 0.3 is 0 Å². The van der Waals surface area contributed by atoms with Crippen LogP contribution in [0.25, 0.3) is 11.0 Å². The minimum atomic E-state index is -3.71. The molecule has 9 nitrogen and oxygen atoms in total. The number of anilines is 3. The van der Waals surface area contributed by atoms with Crippen molar-refractivity contribution < 1.29 is 12.8 Å². The molecule has 0 unspecified atom stereocenters. The van der Waals surface area contributed by atoms with Crippen molar-refractivity contribution in [2.45, 2.75) is 18.4 Å². The van der Waals surface area contributed by atoms with E-state index in [2.05, 4.69) is 32.1 Å². The van der Waals surface area contributed by atoms with Gasteiger partial charge in [0.2, 0.25) is 5.95 Å². The molecule has 1 N–H and O–H groups in total. The summed E-state index contributed by atoms with van der Waals surface area (Å²) in [4.78, 5) is 26.3. The number of nitrogens with zero attached hydrogens (tertiary/aromatic N) is 5. The fourth-order valence-corrected chi connectivity index (χ4v) is 5.67. The molecule has 1 aliphatic rings. The van der Waals surface area contributed by atoms with Gasteiger partial charge in [-0.25, -0.2) is 17.8 Å². The fourth-order valence-electron chi connectivity index (χ4n) is 4.53. The first-order valence-electron chi connectivity index (χ1n) is 12.4. The predicted octanol–water partition coefficient (Wildman–Crippen LogP) is 3.27. The van der Waals surface area contributed by atoms with E-state index in [1.165, 1.54) is 35.8 Å². The number of benzene rings is 2. The molecule has 2 aromatic carbocycles. The number of aromatic nitrogens is 3. The lowest BCUT2D eigenvalue weighted by molar-refractivity contribution is 0.313. The maximum Gasteiger partial charge on any atom is 0.252 e. The van der Waals surface area contributed by atoms with Gasteiger partial charge in [0.25, 0.3) is 5.56 Å². The van der Waals surface area contributed by atoms with Crippen LogP contribution in [0.15, 0.2) is 70.5 Å². The molecule has 4 aromatic rings. The Morgan fingerprint density at radius 1 is 1.00 bits per heavy atom. The molecular formula is C27H29FN6O3S. The van der Waals surface area contributed by atoms with Gasteiger partial charge in [0.05, 0.1) is 17.2 Å². The molecule has 1 fully saturated rings. The molecule has 198 valence electrons. The third-order valence-electron chi connectivity index (χ3n) is 6.82. The van der Waals surface area contributed by atoms with Crippen molar-refractivity contribution in [3.8, 4) is 0 Å². The average molecular weight is 537 g/mol. The highest BCUT2D eigenvalue weighted by Gasteiger charge is 2.21. The lowest BCUT2D eigenvalue weighted by Crippen LogP contribution is -2.44. The van der Waals surface area contributed by atoms with Crippen molar-refractivity contribution in [1.29, 1.82) is 0 Å². The van der Waals surface area contributed by atoms with Gasteiger partial charge in [-0.15, -0.1) is 0 Å². The van der Waals surface area contributed by atoms with E-state index in [0.717, 1.165) is 37.6 Å². The first kappa shape index (κ1) is 25.8. The van der Waals surface area contributed by atoms with E-state index in [1.54, 1.807) is 12.3 Å². The lowest BCUT2D eigenvalue weighted by atomic mass is 10.2. The number of pyridine rings is 1. The molecule has 1 saturated heterocycles. The zero-order valence-electron chi connectivity index (χ0n) is 21.3. The van der Waals surface area contributed by atoms with Crippen molar-refractivity contribution in [2.24, 2.45) is 0 Å². The molecule has 0 radical (unpaired) electrons. The summed E-state index contributed by atoms with van der Waals surface area (Å²) in [5.41, 5.74) is 1.68. The second-order valence-corrected chi connectivity index (χ2v) is 11.6. The third kappa shape index (κ3) is 5.25. The first-order valence-corrected chi connectivity index (χ1v) is 14.1. The van der Waals surface area contributed by atoms with Crippen LogP contribution in [0, 0.1) is 5.82 Å². The van der Waals surface area contributed by atoms with Crippen LogP contribution < -0.4 is 15.8 Å². The molecule has 0 spiro atoms. The van der Waals surface area contributed by atoms with Crippen LogP contribution in [-0.2, 0) is 16.4 Å². The summed E-state index contributed by atoms with van der Waals surface area (Å²) in [6, 6.07) is 14.8. The number of fused-ring (bicyclic) bond motifs is 1. The van der Waals surface area contributed by atoms with Gasteiger partial charge in [0.1, 0.15) is 11.5 Å². The number of piperazine rings is 1. The van der Waals surface area contributed by atoms with Crippen molar-refractivity contribution in [1.82, 2.24) is 19.4 Å². The monoisotopic (exact) mass is 536 g/mol. The SMILES string of the molecule is CCS(=O)(=O)c1cccc(F)c1Cn1c(=O)ccc2cnc(Nc3ccc(N4CCN(C)CC4)cc3)nc21. The van der Waals surface area contributed by atoms with Gasteiger partial charge in [-0.1, -0.05) is 13.0 Å². The van der Waals surface area contributed by atoms with E-state index in [0.29, 0.717) is 5.39 Å². The van der Waals surface area contributed by atoms with Crippen LogP contribution >= 0.6 is 0 Å². The number of halogens is 1. The maximum atomic E-state index is 14.9. The van der Waals surface area contributed by atoms with Crippen molar-refractivity contribution in [2.75, 3.05) is 49.2 Å². The zero-order valence-corrected chi connectivity index (χ0v) is 22.1. The summed E-state index contributed by atoms with van der Waals surface area (Å²) in [6.45, 7) is 5.19. The molecule has 38 heavy (non-hydrogen) atoms. The summed E-state index contributed by atoms with van der Waals surface area (Å²) < 4.78 is 41.4. The van der Waals surface area contributed by atoms with Crippen LogP contribution in [0.4, 0.5) is 21.7 Å². The molecule has 2 aromatic heterocycles. The zero-order chi connectivity index (χ0) is 26.9. The van der Waals surface area contributed by atoms with Crippen LogP contribution in [0.5, 0.6) is 0 Å². The molecule has 0 bridgehead atoms. The Balaban J connectivity index is 1.46. The van der Waals surface area contributed by atoms with Gasteiger partial charge in [0, 0.05) is 60.8 Å². The van der Waals surface area contributed by atoms with Crippen LogP contribution in [0.3, 0.4) is 0 Å². The first-order chi connectivity index (χ1) is 18.2. The number of sulfone groups is 1. The second kappa shape index (κ2) is 10.5. The Morgan fingerprint density at radius 2 is 1.74 bits per heavy atom. The summed E-state index contributed by atoms with van der Waals surface area (Å²) >= 11 is 0. The largest absolute Gasteiger partial charge is 0.369 e. The average Bonchev–Trinajstić information content (AvgIpc) is 2.92. The van der Waals surface area contributed by atoms with Gasteiger partial charge in [-0.2, -0.15) is 4.98 Å². The van der Waals surface area contributed by atoms with E-state index >= 15 is 0 Å². The Morgan fingerprint density at radius 3 is 2.45 bits per heavy atom. The van der Waals surface area contributed by atoms with E-state index in [1.807, 2.05) is 24.3 Å². The Hall–Kier alpha value is -3.83. The number of nitrogens with one attached hydrogen (secondary N) is 1. The van der Waals surface area contributed by atoms with Crippen LogP contribution in [-0.4, -0.2) is 66.8 Å². The van der Waals surface area contributed by atoms with Crippen molar-refractivity contribution in [3.05, 3.63) is 82.5 Å². The van der Waals surface area contributed by atoms with E-state index in [9.17, 15) is 17.6 Å². The minimum absolute atomic E-state index is 0.0726. The summed E-state index contributed by atoms with van der Waals surface area (Å²) in [6.07, 6.45) is 1.57. The van der Waals surface area contributed by atoms with Crippen LogP contribution in [0.2, 0.25) is 0 Å². The number of hydrogen-bond acceptors (Lipinski definition) is 8. The van der Waals surface area contributed by atoms with Crippen molar-refractivity contribution >= 4 is 38.2 Å². The van der Waals surface area contributed by atoms with E-state index in [4.69, 9.17) is 0 Å². The molecule has 0 amide bonds. The molecule has 1 aliphatic heterocycles. The lowest BCUT2D eigenvalue weighted by Gasteiger charge is -2.34. The number of likely N-dealkylation sites (N-methyl/N-ethyl adjacent to an activating group) is 1. The topological polar surface area (TPSA) is 100 Å². The van der Waals surface area contributed by atoms with E-state index < -0.39 is 21.2 Å². The highest BCUT2D eigenvalue weighted by Crippen LogP contribution is 2.24. The summed E-state index contributed by atoms with van der Waals surface area (Å²) in [5, 5.41) is 3.73. The Labute approximate surface area is 220 Å². The predicted molar refractivity (Wildman–Crippen MR) is 146 cm³/mol. The highest BCUT2D eigenvalue weighted by atomic mass is 32.2. The Bertz CT molecular complexity index is 1630. The van der Waals surface area contributed by atoms with Gasteiger partial charge in [-0.3, -0.25) is 9.36 Å². The Kier molecular flexibility index (Phi) is 7.13. The maximum absolute atomic E-state index is 14.9. The second-order valence-electron chi connectivity index (χ2n) is 9.31. The highest BCUT2D eigenvalue weighted by molar-refractivity contribution is 7.91. The van der Waals surface area contributed by atoms with E-state index in [-0.39, 0.29) is 34.4 Å². The summed E-state index contributed by atoms with van der Waals surface area (Å²) in [5.74, 6) is -0.618. The van der Waals surface area contributed by atoms with Crippen molar-refractivity contribution in [3.63, 3.8) is 0 Å². The molecular weight excluding hydrogens is 507 g/mol. The minimum Gasteiger partial charge on any atom is -0.369 e. The third-order valence-corrected chi connectivity index (χ3v) is 8.63. The van der Waals surface area contributed by atoms with Gasteiger partial charge in [-0.05, 0) is 49.5 Å². The molecule has 3 heterocycles. The molecule has 11 heteroatoms. The standard InChI is InChI=1S/C27H29FN6O3S/c1-3-38(36,37)24-6-4-5-23(28)22(24)18-34-25(35)12-7-19-17-29-27(31-26(19)34)30-20-8-10-21(11-9-20)33-15-13-32(2)14-16-33/h4-12,17H,3,13-16,18H2,1-2H3,(H,29,30,31). The molecule has 0 aliphatic carbocycles. The van der Waals surface area contributed by atoms with Gasteiger partial charge in [0.15, 0.2) is 9.84 Å². The summed E-state index contributed by atoms with van der Waals surface area (Å²) in [7, 11) is -1.59.